The van der Waals surface area contributed by atoms with Crippen LogP contribution in [0.25, 0.3) is 0 Å². The highest BCUT2D eigenvalue weighted by atomic mass is 35.5. The molecule has 0 aromatic heterocycles. The first-order chi connectivity index (χ1) is 10.7. The third-order valence-electron chi connectivity index (χ3n) is 4.00. The summed E-state index contributed by atoms with van der Waals surface area (Å²) in [5, 5.41) is 3.59. The number of nitrogens with one attached hydrogen (secondary N) is 1. The molecule has 2 aromatic rings. The Morgan fingerprint density at radius 1 is 1.09 bits per heavy atom. The molecule has 22 heavy (non-hydrogen) atoms. The topological polar surface area (TPSA) is 47.6 Å². The fourth-order valence-corrected chi connectivity index (χ4v) is 3.22. The van der Waals surface area contributed by atoms with Crippen LogP contribution in [0.1, 0.15) is 23.5 Å². The number of hydrogen-bond acceptors (Lipinski definition) is 3. The zero-order valence-electron chi connectivity index (χ0n) is 11.8. The van der Waals surface area contributed by atoms with Crippen molar-refractivity contribution in [3.05, 3.63) is 52.5 Å². The zero-order chi connectivity index (χ0) is 15.1. The smallest absolute Gasteiger partial charge is 0.225 e. The summed E-state index contributed by atoms with van der Waals surface area (Å²) in [5.74, 6) is 1.37. The van der Waals surface area contributed by atoms with Crippen molar-refractivity contribution in [2.45, 2.75) is 12.3 Å². The first kappa shape index (κ1) is 13.5. The molecule has 0 radical (unpaired) electrons. The number of carbonyl (C=O) groups excluding carboxylic acids is 1. The summed E-state index contributed by atoms with van der Waals surface area (Å²) in [6, 6.07) is 11.5. The molecule has 0 bridgehead atoms. The third kappa shape index (κ3) is 2.29. The Morgan fingerprint density at radius 3 is 2.64 bits per heavy atom. The molecule has 2 aromatic carbocycles. The van der Waals surface area contributed by atoms with Gasteiger partial charge in [-0.05, 0) is 29.3 Å². The van der Waals surface area contributed by atoms with E-state index >= 15 is 0 Å². The van der Waals surface area contributed by atoms with Gasteiger partial charge in [-0.15, -0.1) is 0 Å². The molecule has 0 saturated carbocycles. The van der Waals surface area contributed by atoms with Gasteiger partial charge in [0.25, 0.3) is 0 Å². The Hall–Kier alpha value is -2.20. The lowest BCUT2D eigenvalue weighted by atomic mass is 9.84. The zero-order valence-corrected chi connectivity index (χ0v) is 12.5. The molecule has 0 spiro atoms. The summed E-state index contributed by atoms with van der Waals surface area (Å²) in [6.07, 6.45) is 0.396. The Labute approximate surface area is 133 Å². The Kier molecular flexibility index (Phi) is 3.19. The standard InChI is InChI=1S/C17H14ClNO3/c18-11-3-1-2-10(6-11)12-8-17(20)19-14-9-16-15(7-13(12)14)21-4-5-22-16/h1-3,6-7,9,12H,4-5,8H2,(H,19,20)/t12-/m1/s1. The normalized spacial score (nSPS) is 19.3. The lowest BCUT2D eigenvalue weighted by molar-refractivity contribution is -0.116. The largest absolute Gasteiger partial charge is 0.486 e. The van der Waals surface area contributed by atoms with Crippen LogP contribution in [0.15, 0.2) is 36.4 Å². The Balaban J connectivity index is 1.84. The van der Waals surface area contributed by atoms with Crippen LogP contribution >= 0.6 is 11.6 Å². The average Bonchev–Trinajstić information content (AvgIpc) is 2.52. The molecule has 0 unspecified atom stereocenters. The Bertz CT molecular complexity index is 760. The molecule has 4 nitrogen and oxygen atoms in total. The van der Waals surface area contributed by atoms with Gasteiger partial charge in [0, 0.05) is 29.1 Å². The van der Waals surface area contributed by atoms with Crippen molar-refractivity contribution in [3.63, 3.8) is 0 Å². The summed E-state index contributed by atoms with van der Waals surface area (Å²) in [7, 11) is 0. The predicted octanol–water partition coefficient (Wildman–Crippen LogP) is 3.59. The summed E-state index contributed by atoms with van der Waals surface area (Å²) >= 11 is 6.10. The van der Waals surface area contributed by atoms with Crippen molar-refractivity contribution < 1.29 is 14.3 Å². The predicted molar refractivity (Wildman–Crippen MR) is 84.0 cm³/mol. The minimum Gasteiger partial charge on any atom is -0.486 e. The molecule has 0 fully saturated rings. The number of anilines is 1. The fourth-order valence-electron chi connectivity index (χ4n) is 3.02. The summed E-state index contributed by atoms with van der Waals surface area (Å²) in [4.78, 5) is 12.0. The van der Waals surface area contributed by atoms with E-state index in [1.54, 1.807) is 0 Å². The maximum absolute atomic E-state index is 12.0. The van der Waals surface area contributed by atoms with Gasteiger partial charge in [0.15, 0.2) is 11.5 Å². The van der Waals surface area contributed by atoms with Crippen LogP contribution in [0.5, 0.6) is 11.5 Å². The van der Waals surface area contributed by atoms with Crippen molar-refractivity contribution >= 4 is 23.2 Å². The van der Waals surface area contributed by atoms with E-state index < -0.39 is 0 Å². The molecule has 1 amide bonds. The lowest BCUT2D eigenvalue weighted by Gasteiger charge is -2.29. The molecule has 112 valence electrons. The number of amides is 1. The molecule has 1 atom stereocenters. The van der Waals surface area contributed by atoms with Crippen LogP contribution in [0.4, 0.5) is 5.69 Å². The van der Waals surface area contributed by atoms with Crippen molar-refractivity contribution in [1.82, 2.24) is 0 Å². The van der Waals surface area contributed by atoms with Crippen LogP contribution in [0.2, 0.25) is 5.02 Å². The molecule has 2 heterocycles. The maximum atomic E-state index is 12.0. The van der Waals surface area contributed by atoms with Crippen LogP contribution in [-0.4, -0.2) is 19.1 Å². The quantitative estimate of drug-likeness (QED) is 0.875. The van der Waals surface area contributed by atoms with Crippen LogP contribution < -0.4 is 14.8 Å². The minimum absolute atomic E-state index is 0.00541. The van der Waals surface area contributed by atoms with Crippen molar-refractivity contribution in [2.24, 2.45) is 0 Å². The van der Waals surface area contributed by atoms with E-state index in [-0.39, 0.29) is 11.8 Å². The van der Waals surface area contributed by atoms with Gasteiger partial charge < -0.3 is 14.8 Å². The van der Waals surface area contributed by atoms with Crippen molar-refractivity contribution in [2.75, 3.05) is 18.5 Å². The number of benzene rings is 2. The number of carbonyl (C=O) groups is 1. The van der Waals surface area contributed by atoms with E-state index in [1.165, 1.54) is 0 Å². The summed E-state index contributed by atoms with van der Waals surface area (Å²) in [5.41, 5.74) is 2.84. The fraction of sp³-hybridized carbons (Fsp3) is 0.235. The van der Waals surface area contributed by atoms with E-state index in [2.05, 4.69) is 5.32 Å². The van der Waals surface area contributed by atoms with Gasteiger partial charge in [-0.1, -0.05) is 23.7 Å². The Morgan fingerprint density at radius 2 is 1.86 bits per heavy atom. The molecular formula is C17H14ClNO3. The molecule has 0 aliphatic carbocycles. The third-order valence-corrected chi connectivity index (χ3v) is 4.24. The highest BCUT2D eigenvalue weighted by molar-refractivity contribution is 6.30. The van der Waals surface area contributed by atoms with Crippen LogP contribution in [-0.2, 0) is 4.79 Å². The van der Waals surface area contributed by atoms with E-state index in [1.807, 2.05) is 36.4 Å². The molecule has 4 rings (SSSR count). The highest BCUT2D eigenvalue weighted by Crippen LogP contribution is 2.44. The monoisotopic (exact) mass is 315 g/mol. The van der Waals surface area contributed by atoms with Gasteiger partial charge in [-0.3, -0.25) is 4.79 Å². The second-order valence-corrected chi connectivity index (χ2v) is 5.88. The first-order valence-corrected chi connectivity index (χ1v) is 7.57. The summed E-state index contributed by atoms with van der Waals surface area (Å²) < 4.78 is 11.2. The summed E-state index contributed by atoms with van der Waals surface area (Å²) in [6.45, 7) is 1.07. The van der Waals surface area contributed by atoms with E-state index in [9.17, 15) is 4.79 Å². The molecule has 2 aliphatic rings. The number of ether oxygens (including phenoxy) is 2. The SMILES string of the molecule is O=C1C[C@H](c2cccc(Cl)c2)c2cc3c(cc2N1)OCCO3. The van der Waals surface area contributed by atoms with Gasteiger partial charge >= 0.3 is 0 Å². The van der Waals surface area contributed by atoms with Gasteiger partial charge in [0.2, 0.25) is 5.91 Å². The van der Waals surface area contributed by atoms with Crippen molar-refractivity contribution in [3.8, 4) is 11.5 Å². The second kappa shape index (κ2) is 5.21. The number of halogens is 1. The van der Waals surface area contributed by atoms with Gasteiger partial charge in [-0.2, -0.15) is 0 Å². The minimum atomic E-state index is -0.0294. The van der Waals surface area contributed by atoms with Crippen LogP contribution in [0.3, 0.4) is 0 Å². The molecule has 1 N–H and O–H groups in total. The molecule has 5 heteroatoms. The van der Waals surface area contributed by atoms with E-state index in [4.69, 9.17) is 21.1 Å². The van der Waals surface area contributed by atoms with Crippen LogP contribution in [0, 0.1) is 0 Å². The van der Waals surface area contributed by atoms with Gasteiger partial charge in [-0.25, -0.2) is 0 Å². The second-order valence-electron chi connectivity index (χ2n) is 5.44. The number of fused-ring (bicyclic) bond motifs is 2. The lowest BCUT2D eigenvalue weighted by Crippen LogP contribution is -2.24. The average molecular weight is 316 g/mol. The molecule has 0 saturated heterocycles. The number of rotatable bonds is 1. The van der Waals surface area contributed by atoms with E-state index in [0.717, 1.165) is 22.6 Å². The van der Waals surface area contributed by atoms with Crippen molar-refractivity contribution in [1.29, 1.82) is 0 Å². The molecular weight excluding hydrogens is 302 g/mol. The van der Waals surface area contributed by atoms with Gasteiger partial charge in [0.1, 0.15) is 13.2 Å². The number of hydrogen-bond donors (Lipinski definition) is 1. The van der Waals surface area contributed by atoms with Gasteiger partial charge in [0.05, 0.1) is 0 Å². The highest BCUT2D eigenvalue weighted by Gasteiger charge is 2.29. The maximum Gasteiger partial charge on any atom is 0.225 e. The first-order valence-electron chi connectivity index (χ1n) is 7.19. The van der Waals surface area contributed by atoms with E-state index in [0.29, 0.717) is 30.4 Å². The molecule has 2 aliphatic heterocycles.